The number of aliphatic hydroxyl groups excluding tert-OH is 1. The van der Waals surface area contributed by atoms with Gasteiger partial charge in [0, 0.05) is 0 Å². The van der Waals surface area contributed by atoms with E-state index in [0.29, 0.717) is 38.0 Å². The van der Waals surface area contributed by atoms with E-state index in [0.717, 1.165) is 11.3 Å². The first-order chi connectivity index (χ1) is 13.8. The second-order valence-corrected chi connectivity index (χ2v) is 7.44. The lowest BCUT2D eigenvalue weighted by Gasteiger charge is -2.16. The summed E-state index contributed by atoms with van der Waals surface area (Å²) in [5.74, 6) is 1.24. The van der Waals surface area contributed by atoms with Gasteiger partial charge in [-0.25, -0.2) is 9.78 Å². The molecule has 0 saturated heterocycles. The summed E-state index contributed by atoms with van der Waals surface area (Å²) in [6.07, 6.45) is -0.924. The van der Waals surface area contributed by atoms with Crippen molar-refractivity contribution in [3.8, 4) is 11.5 Å². The summed E-state index contributed by atoms with van der Waals surface area (Å²) in [6.45, 7) is 3.40. The summed E-state index contributed by atoms with van der Waals surface area (Å²) in [4.78, 5) is 30.2. The molecule has 0 saturated carbocycles. The van der Waals surface area contributed by atoms with E-state index in [1.165, 1.54) is 11.7 Å². The first-order valence-electron chi connectivity index (χ1n) is 8.89. The lowest BCUT2D eigenvalue weighted by Crippen LogP contribution is -2.32. The molecule has 1 aromatic carbocycles. The SMILES string of the molecule is COC(=O)c1sc2nc(C)n(CC(O)COc3ccc(OC)cc3)c(=O)c2c1C. The maximum atomic E-state index is 13.0. The van der Waals surface area contributed by atoms with Crippen molar-refractivity contribution >= 4 is 27.5 Å². The van der Waals surface area contributed by atoms with Crippen LogP contribution >= 0.6 is 11.3 Å². The predicted molar refractivity (Wildman–Crippen MR) is 109 cm³/mol. The minimum absolute atomic E-state index is 0.00623. The Bertz CT molecular complexity index is 1090. The number of aryl methyl sites for hydroxylation is 2. The third-order valence-electron chi connectivity index (χ3n) is 4.51. The number of nitrogens with zero attached hydrogens (tertiary/aromatic N) is 2. The Hall–Kier alpha value is -2.91. The van der Waals surface area contributed by atoms with Crippen LogP contribution in [0.2, 0.25) is 0 Å². The van der Waals surface area contributed by atoms with Gasteiger partial charge in [-0.1, -0.05) is 0 Å². The molecule has 2 heterocycles. The van der Waals surface area contributed by atoms with Crippen LogP contribution in [0.3, 0.4) is 0 Å². The van der Waals surface area contributed by atoms with Crippen molar-refractivity contribution < 1.29 is 24.1 Å². The fraction of sp³-hybridized carbons (Fsp3) is 0.350. The summed E-state index contributed by atoms with van der Waals surface area (Å²) in [6, 6.07) is 6.98. The fourth-order valence-electron chi connectivity index (χ4n) is 2.95. The number of benzene rings is 1. The number of ether oxygens (including phenoxy) is 3. The average Bonchev–Trinajstić information content (AvgIpc) is 3.05. The van der Waals surface area contributed by atoms with E-state index in [4.69, 9.17) is 14.2 Å². The third kappa shape index (κ3) is 4.25. The quantitative estimate of drug-likeness (QED) is 0.588. The Morgan fingerprint density at radius 2 is 1.86 bits per heavy atom. The molecule has 0 fully saturated rings. The van der Waals surface area contributed by atoms with E-state index >= 15 is 0 Å². The highest BCUT2D eigenvalue weighted by atomic mass is 32.1. The molecule has 1 unspecified atom stereocenters. The highest BCUT2D eigenvalue weighted by Crippen LogP contribution is 2.28. The van der Waals surface area contributed by atoms with Crippen LogP contribution < -0.4 is 15.0 Å². The van der Waals surface area contributed by atoms with Crippen molar-refractivity contribution in [2.45, 2.75) is 26.5 Å². The molecule has 0 aliphatic rings. The molecule has 1 N–H and O–H groups in total. The summed E-state index contributed by atoms with van der Waals surface area (Å²) < 4.78 is 16.8. The maximum absolute atomic E-state index is 13.0. The average molecular weight is 418 g/mol. The van der Waals surface area contributed by atoms with Crippen LogP contribution in [0.1, 0.15) is 21.1 Å². The molecular formula is C20H22N2O6S. The number of rotatable bonds is 7. The van der Waals surface area contributed by atoms with E-state index in [-0.39, 0.29) is 18.7 Å². The first kappa shape index (κ1) is 20.8. The number of methoxy groups -OCH3 is 2. The summed E-state index contributed by atoms with van der Waals surface area (Å²) in [5.41, 5.74) is 0.229. The van der Waals surface area contributed by atoms with Gasteiger partial charge in [-0.2, -0.15) is 0 Å². The molecule has 0 aliphatic carbocycles. The Labute approximate surface area is 171 Å². The van der Waals surface area contributed by atoms with Crippen LogP contribution in [0.5, 0.6) is 11.5 Å². The van der Waals surface area contributed by atoms with Gasteiger partial charge >= 0.3 is 5.97 Å². The monoisotopic (exact) mass is 418 g/mol. The van der Waals surface area contributed by atoms with E-state index < -0.39 is 12.1 Å². The zero-order valence-corrected chi connectivity index (χ0v) is 17.4. The Morgan fingerprint density at radius 1 is 1.21 bits per heavy atom. The molecular weight excluding hydrogens is 396 g/mol. The van der Waals surface area contributed by atoms with Gasteiger partial charge in [0.1, 0.15) is 39.7 Å². The molecule has 9 heteroatoms. The minimum atomic E-state index is -0.924. The van der Waals surface area contributed by atoms with E-state index in [1.807, 2.05) is 0 Å². The number of thiophene rings is 1. The van der Waals surface area contributed by atoms with Crippen molar-refractivity contribution in [2.75, 3.05) is 20.8 Å². The van der Waals surface area contributed by atoms with Crippen LogP contribution in [0.15, 0.2) is 29.1 Å². The topological polar surface area (TPSA) is 99.9 Å². The number of hydrogen-bond donors (Lipinski definition) is 1. The number of fused-ring (bicyclic) bond motifs is 1. The van der Waals surface area contributed by atoms with Crippen LogP contribution in [-0.4, -0.2) is 47.6 Å². The molecule has 0 amide bonds. The largest absolute Gasteiger partial charge is 0.497 e. The van der Waals surface area contributed by atoms with E-state index in [1.54, 1.807) is 45.2 Å². The van der Waals surface area contributed by atoms with Crippen molar-refractivity contribution in [2.24, 2.45) is 0 Å². The summed E-state index contributed by atoms with van der Waals surface area (Å²) in [5, 5.41) is 10.7. The standard InChI is InChI=1S/C20H22N2O6S/c1-11-16-18(29-17(11)20(25)27-4)21-12(2)22(19(16)24)9-13(23)10-28-15-7-5-14(26-3)6-8-15/h5-8,13,23H,9-10H2,1-4H3. The summed E-state index contributed by atoms with van der Waals surface area (Å²) in [7, 11) is 2.87. The number of esters is 1. The lowest BCUT2D eigenvalue weighted by atomic mass is 10.2. The number of carbonyl (C=O) groups excluding carboxylic acids is 1. The van der Waals surface area contributed by atoms with E-state index in [9.17, 15) is 14.7 Å². The second-order valence-electron chi connectivity index (χ2n) is 6.44. The Balaban J connectivity index is 1.80. The molecule has 1 atom stereocenters. The van der Waals surface area contributed by atoms with Gasteiger partial charge in [-0.05, 0) is 43.7 Å². The molecule has 154 valence electrons. The molecule has 3 rings (SSSR count). The Morgan fingerprint density at radius 3 is 2.48 bits per heavy atom. The molecule has 29 heavy (non-hydrogen) atoms. The minimum Gasteiger partial charge on any atom is -0.497 e. The van der Waals surface area contributed by atoms with Gasteiger partial charge in [-0.15, -0.1) is 11.3 Å². The van der Waals surface area contributed by atoms with Crippen LogP contribution in [0, 0.1) is 13.8 Å². The van der Waals surface area contributed by atoms with Crippen LogP contribution in [0.25, 0.3) is 10.2 Å². The lowest BCUT2D eigenvalue weighted by molar-refractivity contribution is 0.0605. The zero-order valence-electron chi connectivity index (χ0n) is 16.6. The number of aromatic nitrogens is 2. The smallest absolute Gasteiger partial charge is 0.348 e. The van der Waals surface area contributed by atoms with E-state index in [2.05, 4.69) is 4.98 Å². The van der Waals surface area contributed by atoms with Gasteiger partial charge in [-0.3, -0.25) is 9.36 Å². The molecule has 8 nitrogen and oxygen atoms in total. The highest BCUT2D eigenvalue weighted by molar-refractivity contribution is 7.20. The predicted octanol–water partition coefficient (Wildman–Crippen LogP) is 2.31. The third-order valence-corrected chi connectivity index (χ3v) is 5.67. The zero-order chi connectivity index (χ0) is 21.1. The highest BCUT2D eigenvalue weighted by Gasteiger charge is 2.22. The Kier molecular flexibility index (Phi) is 6.19. The number of carbonyl (C=O) groups is 1. The summed E-state index contributed by atoms with van der Waals surface area (Å²) >= 11 is 1.13. The van der Waals surface area contributed by atoms with Crippen LogP contribution in [-0.2, 0) is 11.3 Å². The van der Waals surface area contributed by atoms with Crippen molar-refractivity contribution in [3.05, 3.63) is 50.9 Å². The first-order valence-corrected chi connectivity index (χ1v) is 9.71. The van der Waals surface area contributed by atoms with Crippen molar-refractivity contribution in [1.82, 2.24) is 9.55 Å². The molecule has 2 aromatic heterocycles. The van der Waals surface area contributed by atoms with Crippen LogP contribution in [0.4, 0.5) is 0 Å². The second kappa shape index (κ2) is 8.62. The van der Waals surface area contributed by atoms with Crippen molar-refractivity contribution in [1.29, 1.82) is 0 Å². The normalized spacial score (nSPS) is 12.0. The molecule has 0 aliphatic heterocycles. The number of aliphatic hydroxyl groups is 1. The van der Waals surface area contributed by atoms with Gasteiger partial charge in [0.25, 0.3) is 5.56 Å². The van der Waals surface area contributed by atoms with Gasteiger partial charge in [0.15, 0.2) is 0 Å². The molecule has 0 bridgehead atoms. The maximum Gasteiger partial charge on any atom is 0.348 e. The van der Waals surface area contributed by atoms with Gasteiger partial charge in [0.05, 0.1) is 26.2 Å². The fourth-order valence-corrected chi connectivity index (χ4v) is 4.08. The van der Waals surface area contributed by atoms with Gasteiger partial charge < -0.3 is 19.3 Å². The molecule has 3 aromatic rings. The van der Waals surface area contributed by atoms with Gasteiger partial charge in [0.2, 0.25) is 0 Å². The molecule has 0 spiro atoms. The molecule has 0 radical (unpaired) electrons. The number of hydrogen-bond acceptors (Lipinski definition) is 8. The van der Waals surface area contributed by atoms with Crippen molar-refractivity contribution in [3.63, 3.8) is 0 Å².